The van der Waals surface area contributed by atoms with Crippen molar-refractivity contribution in [2.75, 3.05) is 6.54 Å². The van der Waals surface area contributed by atoms with Crippen molar-refractivity contribution in [1.29, 1.82) is 0 Å². The van der Waals surface area contributed by atoms with Crippen LogP contribution in [0.1, 0.15) is 33.6 Å². The third-order valence-corrected chi connectivity index (χ3v) is 1.90. The Morgan fingerprint density at radius 3 is 2.62 bits per heavy atom. The quantitative estimate of drug-likeness (QED) is 0.640. The molecule has 0 amide bonds. The third kappa shape index (κ3) is 4.56. The van der Waals surface area contributed by atoms with E-state index in [-0.39, 0.29) is 0 Å². The van der Waals surface area contributed by atoms with Crippen LogP contribution in [-0.2, 0) is 0 Å². The van der Waals surface area contributed by atoms with Crippen LogP contribution in [0.4, 0.5) is 0 Å². The van der Waals surface area contributed by atoms with E-state index in [0.29, 0.717) is 0 Å². The van der Waals surface area contributed by atoms with E-state index in [9.17, 15) is 0 Å². The van der Waals surface area contributed by atoms with Gasteiger partial charge in [0.25, 0.3) is 0 Å². The first-order valence-corrected chi connectivity index (χ1v) is 5.07. The number of rotatable bonds is 2. The summed E-state index contributed by atoms with van der Waals surface area (Å²) in [7, 11) is 0. The van der Waals surface area contributed by atoms with Crippen molar-refractivity contribution in [1.82, 2.24) is 5.32 Å². The van der Waals surface area contributed by atoms with E-state index in [1.165, 1.54) is 24.1 Å². The Morgan fingerprint density at radius 1 is 1.38 bits per heavy atom. The molecule has 0 bridgehead atoms. The largest absolute Gasteiger partial charge is 0.385 e. The molecule has 74 valence electrons. The molecule has 0 aromatic heterocycles. The fraction of sp³-hybridized carbons (Fsp3) is 0.500. The Balaban J connectivity index is 0.000000671. The van der Waals surface area contributed by atoms with E-state index in [0.717, 1.165) is 6.54 Å². The topological polar surface area (TPSA) is 12.0 Å². The van der Waals surface area contributed by atoms with Crippen LogP contribution in [0.3, 0.4) is 0 Å². The zero-order valence-electron chi connectivity index (χ0n) is 9.06. The molecule has 1 rings (SSSR count). The highest BCUT2D eigenvalue weighted by Crippen LogP contribution is 2.13. The molecular weight excluding hydrogens is 158 g/mol. The van der Waals surface area contributed by atoms with Crippen molar-refractivity contribution < 1.29 is 0 Å². The number of allylic oxidation sites excluding steroid dienone is 4. The molecule has 0 unspecified atom stereocenters. The van der Waals surface area contributed by atoms with Gasteiger partial charge in [-0.3, -0.25) is 0 Å². The van der Waals surface area contributed by atoms with Gasteiger partial charge in [0.1, 0.15) is 0 Å². The average Bonchev–Trinajstić information content (AvgIpc) is 2.20. The first-order chi connectivity index (χ1) is 6.34. The van der Waals surface area contributed by atoms with Crippen LogP contribution >= 0.6 is 0 Å². The molecule has 1 aliphatic heterocycles. The summed E-state index contributed by atoms with van der Waals surface area (Å²) in [4.78, 5) is 0. The maximum absolute atomic E-state index is 3.63. The summed E-state index contributed by atoms with van der Waals surface area (Å²) < 4.78 is 0. The molecule has 1 N–H and O–H groups in total. The molecule has 1 heterocycles. The summed E-state index contributed by atoms with van der Waals surface area (Å²) in [5, 5.41) is 3.35. The van der Waals surface area contributed by atoms with Gasteiger partial charge in [-0.15, -0.1) is 0 Å². The monoisotopic (exact) mass is 179 g/mol. The summed E-state index contributed by atoms with van der Waals surface area (Å²) in [5.74, 6) is 0. The first kappa shape index (κ1) is 12.0. The molecule has 1 nitrogen and oxygen atoms in total. The first-order valence-electron chi connectivity index (χ1n) is 5.07. The molecule has 0 aliphatic carbocycles. The predicted octanol–water partition coefficient (Wildman–Crippen LogP) is 3.41. The summed E-state index contributed by atoms with van der Waals surface area (Å²) in [6.07, 6.45) is 8.34. The average molecular weight is 179 g/mol. The van der Waals surface area contributed by atoms with Crippen LogP contribution in [0.25, 0.3) is 0 Å². The summed E-state index contributed by atoms with van der Waals surface area (Å²) in [5.41, 5.74) is 2.73. The van der Waals surface area contributed by atoms with Crippen molar-refractivity contribution in [3.8, 4) is 0 Å². The molecule has 0 saturated carbocycles. The van der Waals surface area contributed by atoms with Gasteiger partial charge < -0.3 is 5.32 Å². The Labute approximate surface area is 82.2 Å². The van der Waals surface area contributed by atoms with Gasteiger partial charge in [0, 0.05) is 12.2 Å². The van der Waals surface area contributed by atoms with Crippen LogP contribution in [0.2, 0.25) is 0 Å². The highest BCUT2D eigenvalue weighted by molar-refractivity contribution is 5.26. The molecule has 0 saturated heterocycles. The molecule has 0 aromatic rings. The summed E-state index contributed by atoms with van der Waals surface area (Å²) in [6.45, 7) is 10.9. The molecule has 1 aliphatic rings. The lowest BCUT2D eigenvalue weighted by molar-refractivity contribution is 0.675. The van der Waals surface area contributed by atoms with Crippen LogP contribution in [-0.4, -0.2) is 6.54 Å². The maximum atomic E-state index is 3.63. The molecule has 0 fully saturated rings. The number of nitrogens with one attached hydrogen (secondary N) is 1. The van der Waals surface area contributed by atoms with Crippen molar-refractivity contribution >= 4 is 0 Å². The minimum absolute atomic E-state index is 1.11. The van der Waals surface area contributed by atoms with Gasteiger partial charge >= 0.3 is 0 Å². The molecule has 0 radical (unpaired) electrons. The second-order valence-electron chi connectivity index (χ2n) is 2.82. The lowest BCUT2D eigenvalue weighted by atomic mass is 10.1. The zero-order valence-corrected chi connectivity index (χ0v) is 9.06. The second-order valence-corrected chi connectivity index (χ2v) is 2.82. The van der Waals surface area contributed by atoms with Crippen molar-refractivity contribution in [3.05, 3.63) is 36.1 Å². The summed E-state index contributed by atoms with van der Waals surface area (Å²) >= 11 is 0. The fourth-order valence-electron chi connectivity index (χ4n) is 1.23. The molecular formula is C12H21N. The Hall–Kier alpha value is -0.980. The van der Waals surface area contributed by atoms with Crippen LogP contribution < -0.4 is 5.32 Å². The van der Waals surface area contributed by atoms with E-state index in [1.807, 2.05) is 19.9 Å². The van der Waals surface area contributed by atoms with Gasteiger partial charge in [0.05, 0.1) is 0 Å². The normalized spacial score (nSPS) is 16.2. The van der Waals surface area contributed by atoms with Crippen LogP contribution in [0.5, 0.6) is 0 Å². The second kappa shape index (κ2) is 7.66. The number of hydrogen-bond donors (Lipinski definition) is 1. The van der Waals surface area contributed by atoms with E-state index in [4.69, 9.17) is 0 Å². The van der Waals surface area contributed by atoms with Gasteiger partial charge in [0.15, 0.2) is 0 Å². The number of hydrogen-bond acceptors (Lipinski definition) is 1. The third-order valence-electron chi connectivity index (χ3n) is 1.90. The Kier molecular flexibility index (Phi) is 7.08. The van der Waals surface area contributed by atoms with E-state index >= 15 is 0 Å². The Bertz CT molecular complexity index is 199. The SMILES string of the molecule is C=C/C=C\C1=C(C)CCCN1.CC. The van der Waals surface area contributed by atoms with Gasteiger partial charge in [-0.05, 0) is 25.8 Å². The van der Waals surface area contributed by atoms with Crippen LogP contribution in [0, 0.1) is 0 Å². The summed E-state index contributed by atoms with van der Waals surface area (Å²) in [6, 6.07) is 0. The predicted molar refractivity (Wildman–Crippen MR) is 60.6 cm³/mol. The minimum atomic E-state index is 1.11. The van der Waals surface area contributed by atoms with Gasteiger partial charge in [-0.2, -0.15) is 0 Å². The molecule has 0 atom stereocenters. The van der Waals surface area contributed by atoms with Crippen molar-refractivity contribution in [2.45, 2.75) is 33.6 Å². The van der Waals surface area contributed by atoms with Crippen LogP contribution in [0.15, 0.2) is 36.1 Å². The molecule has 0 aromatic carbocycles. The van der Waals surface area contributed by atoms with Crippen molar-refractivity contribution in [2.24, 2.45) is 0 Å². The molecule has 1 heteroatoms. The van der Waals surface area contributed by atoms with E-state index < -0.39 is 0 Å². The van der Waals surface area contributed by atoms with Crippen molar-refractivity contribution in [3.63, 3.8) is 0 Å². The smallest absolute Gasteiger partial charge is 0.0329 e. The highest BCUT2D eigenvalue weighted by Gasteiger charge is 2.03. The van der Waals surface area contributed by atoms with E-state index in [1.54, 1.807) is 6.08 Å². The Morgan fingerprint density at radius 2 is 2.08 bits per heavy atom. The minimum Gasteiger partial charge on any atom is -0.385 e. The maximum Gasteiger partial charge on any atom is 0.0329 e. The van der Waals surface area contributed by atoms with Gasteiger partial charge in [-0.1, -0.05) is 38.2 Å². The molecule has 0 spiro atoms. The van der Waals surface area contributed by atoms with E-state index in [2.05, 4.69) is 24.9 Å². The highest BCUT2D eigenvalue weighted by atomic mass is 14.9. The van der Waals surface area contributed by atoms with Gasteiger partial charge in [-0.25, -0.2) is 0 Å². The van der Waals surface area contributed by atoms with Gasteiger partial charge in [0.2, 0.25) is 0 Å². The lowest BCUT2D eigenvalue weighted by Crippen LogP contribution is -2.19. The molecule has 13 heavy (non-hydrogen) atoms. The lowest BCUT2D eigenvalue weighted by Gasteiger charge is -2.16. The fourth-order valence-corrected chi connectivity index (χ4v) is 1.23. The zero-order chi connectivity index (χ0) is 10.1. The standard InChI is InChI=1S/C10H15N.C2H6/c1-3-4-7-10-9(2)6-5-8-11-10;1-2/h3-4,7,11H,1,5-6,8H2,2H3;1-2H3/b7-4-;.